The van der Waals surface area contributed by atoms with Crippen molar-refractivity contribution in [2.75, 3.05) is 13.7 Å². The summed E-state index contributed by atoms with van der Waals surface area (Å²) < 4.78 is 9.63. The summed E-state index contributed by atoms with van der Waals surface area (Å²) in [5.74, 6) is -2.26. The van der Waals surface area contributed by atoms with Gasteiger partial charge in [-0.05, 0) is 27.2 Å². The standard InChI is InChI=1S/C12H21NO6/c1-12(2,3)19-7-9(14)13-8(11(16)17)5-6-10(15)18-4/h8H,5-7H2,1-4H3,(H,13,14)(H,16,17). The number of carbonyl (C=O) groups is 3. The zero-order valence-electron chi connectivity index (χ0n) is 11.7. The molecule has 19 heavy (non-hydrogen) atoms. The number of nitrogens with one attached hydrogen (secondary N) is 1. The van der Waals surface area contributed by atoms with E-state index in [1.54, 1.807) is 20.8 Å². The van der Waals surface area contributed by atoms with Crippen molar-refractivity contribution in [2.45, 2.75) is 45.3 Å². The first-order valence-corrected chi connectivity index (χ1v) is 5.88. The fourth-order valence-corrected chi connectivity index (χ4v) is 1.14. The van der Waals surface area contributed by atoms with Crippen LogP contribution < -0.4 is 5.32 Å². The summed E-state index contributed by atoms with van der Waals surface area (Å²) in [6.07, 6.45) is -0.100. The van der Waals surface area contributed by atoms with E-state index in [1.807, 2.05) is 0 Å². The molecule has 7 heteroatoms. The number of methoxy groups -OCH3 is 1. The van der Waals surface area contributed by atoms with Crippen LogP contribution in [0.3, 0.4) is 0 Å². The first-order chi connectivity index (χ1) is 8.65. The lowest BCUT2D eigenvalue weighted by molar-refractivity contribution is -0.145. The quantitative estimate of drug-likeness (QED) is 0.649. The highest BCUT2D eigenvalue weighted by Gasteiger charge is 2.22. The number of esters is 1. The van der Waals surface area contributed by atoms with Crippen LogP contribution in [0, 0.1) is 0 Å². The van der Waals surface area contributed by atoms with Crippen LogP contribution in [0.5, 0.6) is 0 Å². The van der Waals surface area contributed by atoms with Gasteiger partial charge in [0.1, 0.15) is 12.6 Å². The Morgan fingerprint density at radius 1 is 1.26 bits per heavy atom. The second-order valence-electron chi connectivity index (χ2n) is 4.97. The molecule has 0 aliphatic carbocycles. The predicted molar refractivity (Wildman–Crippen MR) is 66.5 cm³/mol. The van der Waals surface area contributed by atoms with Crippen molar-refractivity contribution in [1.29, 1.82) is 0 Å². The summed E-state index contributed by atoms with van der Waals surface area (Å²) in [4.78, 5) is 33.4. The topological polar surface area (TPSA) is 102 Å². The maximum atomic E-state index is 11.5. The van der Waals surface area contributed by atoms with E-state index in [-0.39, 0.29) is 19.4 Å². The third-order valence-electron chi connectivity index (χ3n) is 2.13. The van der Waals surface area contributed by atoms with Crippen LogP contribution in [-0.4, -0.2) is 48.3 Å². The molecule has 1 atom stereocenters. The molecule has 0 fully saturated rings. The number of carboxylic acids is 1. The van der Waals surface area contributed by atoms with Gasteiger partial charge in [0.2, 0.25) is 5.91 Å². The van der Waals surface area contributed by atoms with Gasteiger partial charge in [0.25, 0.3) is 0 Å². The molecule has 0 rings (SSSR count). The summed E-state index contributed by atoms with van der Waals surface area (Å²) in [6.45, 7) is 5.12. The first kappa shape index (κ1) is 17.4. The molecule has 0 aliphatic heterocycles. The Morgan fingerprint density at radius 2 is 1.84 bits per heavy atom. The number of rotatable bonds is 7. The molecule has 110 valence electrons. The van der Waals surface area contributed by atoms with Gasteiger partial charge in [-0.25, -0.2) is 4.79 Å². The molecule has 0 aromatic rings. The number of ether oxygens (including phenoxy) is 2. The third-order valence-corrected chi connectivity index (χ3v) is 2.13. The lowest BCUT2D eigenvalue weighted by atomic mass is 10.1. The van der Waals surface area contributed by atoms with Crippen LogP contribution in [0.1, 0.15) is 33.6 Å². The number of carbonyl (C=O) groups excluding carboxylic acids is 2. The second kappa shape index (κ2) is 7.73. The van der Waals surface area contributed by atoms with Crippen molar-refractivity contribution in [3.8, 4) is 0 Å². The highest BCUT2D eigenvalue weighted by atomic mass is 16.5. The Kier molecular flexibility index (Phi) is 7.06. The second-order valence-corrected chi connectivity index (χ2v) is 4.97. The zero-order chi connectivity index (χ0) is 15.1. The van der Waals surface area contributed by atoms with Crippen LogP contribution in [0.15, 0.2) is 0 Å². The number of hydrogen-bond donors (Lipinski definition) is 2. The minimum absolute atomic E-state index is 0.0245. The van der Waals surface area contributed by atoms with Crippen LogP contribution >= 0.6 is 0 Å². The van der Waals surface area contributed by atoms with E-state index in [4.69, 9.17) is 9.84 Å². The Hall–Kier alpha value is -1.63. The van der Waals surface area contributed by atoms with Gasteiger partial charge in [-0.15, -0.1) is 0 Å². The molecular formula is C12H21NO6. The molecule has 0 aromatic heterocycles. The van der Waals surface area contributed by atoms with Crippen molar-refractivity contribution in [2.24, 2.45) is 0 Å². The normalized spacial score (nSPS) is 12.6. The summed E-state index contributed by atoms with van der Waals surface area (Å²) in [5, 5.41) is 11.2. The Labute approximate surface area is 112 Å². The highest BCUT2D eigenvalue weighted by Crippen LogP contribution is 2.06. The largest absolute Gasteiger partial charge is 0.480 e. The molecule has 0 saturated heterocycles. The molecule has 0 heterocycles. The number of hydrogen-bond acceptors (Lipinski definition) is 5. The van der Waals surface area contributed by atoms with E-state index in [0.717, 1.165) is 0 Å². The summed E-state index contributed by atoms with van der Waals surface area (Å²) in [7, 11) is 1.22. The van der Waals surface area contributed by atoms with Gasteiger partial charge in [-0.3, -0.25) is 9.59 Å². The van der Waals surface area contributed by atoms with Crippen LogP contribution in [0.25, 0.3) is 0 Å². The maximum Gasteiger partial charge on any atom is 0.326 e. The van der Waals surface area contributed by atoms with Crippen molar-refractivity contribution >= 4 is 17.8 Å². The van der Waals surface area contributed by atoms with Gasteiger partial charge < -0.3 is 19.9 Å². The molecule has 0 aliphatic rings. The molecule has 1 unspecified atom stereocenters. The molecule has 7 nitrogen and oxygen atoms in total. The first-order valence-electron chi connectivity index (χ1n) is 5.88. The number of amides is 1. The van der Waals surface area contributed by atoms with E-state index in [1.165, 1.54) is 7.11 Å². The molecule has 0 bridgehead atoms. The monoisotopic (exact) mass is 275 g/mol. The molecule has 0 radical (unpaired) electrons. The third kappa shape index (κ3) is 9.01. The molecular weight excluding hydrogens is 254 g/mol. The minimum atomic E-state index is -1.20. The van der Waals surface area contributed by atoms with Crippen LogP contribution in [0.2, 0.25) is 0 Å². The minimum Gasteiger partial charge on any atom is -0.480 e. The number of carboxylic acid groups (broad SMARTS) is 1. The van der Waals surface area contributed by atoms with E-state index < -0.39 is 29.5 Å². The average Bonchev–Trinajstić information content (AvgIpc) is 2.30. The van der Waals surface area contributed by atoms with Crippen molar-refractivity contribution in [1.82, 2.24) is 5.32 Å². The summed E-state index contributed by atoms with van der Waals surface area (Å²) in [5.41, 5.74) is -0.484. The van der Waals surface area contributed by atoms with Crippen LogP contribution in [0.4, 0.5) is 0 Å². The predicted octanol–water partition coefficient (Wildman–Crippen LogP) is 0.324. The fraction of sp³-hybridized carbons (Fsp3) is 0.750. The van der Waals surface area contributed by atoms with Gasteiger partial charge in [0.15, 0.2) is 0 Å². The molecule has 0 spiro atoms. The molecule has 0 aromatic carbocycles. The van der Waals surface area contributed by atoms with Gasteiger partial charge in [-0.2, -0.15) is 0 Å². The van der Waals surface area contributed by atoms with E-state index in [0.29, 0.717) is 0 Å². The summed E-state index contributed by atoms with van der Waals surface area (Å²) in [6, 6.07) is -1.13. The zero-order valence-corrected chi connectivity index (χ0v) is 11.7. The Balaban J connectivity index is 4.23. The van der Waals surface area contributed by atoms with Gasteiger partial charge in [0.05, 0.1) is 12.7 Å². The molecule has 2 N–H and O–H groups in total. The van der Waals surface area contributed by atoms with E-state index in [9.17, 15) is 14.4 Å². The van der Waals surface area contributed by atoms with Crippen molar-refractivity contribution in [3.63, 3.8) is 0 Å². The van der Waals surface area contributed by atoms with E-state index in [2.05, 4.69) is 10.1 Å². The average molecular weight is 275 g/mol. The Morgan fingerprint density at radius 3 is 2.26 bits per heavy atom. The fourth-order valence-electron chi connectivity index (χ4n) is 1.14. The highest BCUT2D eigenvalue weighted by molar-refractivity contribution is 5.84. The van der Waals surface area contributed by atoms with Gasteiger partial charge >= 0.3 is 11.9 Å². The van der Waals surface area contributed by atoms with Crippen molar-refractivity contribution < 1.29 is 29.0 Å². The molecule has 0 saturated carbocycles. The number of aliphatic carboxylic acids is 1. The lowest BCUT2D eigenvalue weighted by Crippen LogP contribution is -2.43. The van der Waals surface area contributed by atoms with Gasteiger partial charge in [0, 0.05) is 6.42 Å². The van der Waals surface area contributed by atoms with E-state index >= 15 is 0 Å². The molecule has 1 amide bonds. The smallest absolute Gasteiger partial charge is 0.326 e. The lowest BCUT2D eigenvalue weighted by Gasteiger charge is -2.20. The SMILES string of the molecule is COC(=O)CCC(NC(=O)COC(C)(C)C)C(=O)O. The Bertz CT molecular complexity index is 334. The summed E-state index contributed by atoms with van der Waals surface area (Å²) >= 11 is 0. The van der Waals surface area contributed by atoms with Crippen LogP contribution in [-0.2, 0) is 23.9 Å². The maximum absolute atomic E-state index is 11.5. The van der Waals surface area contributed by atoms with Crippen molar-refractivity contribution in [3.05, 3.63) is 0 Å². The van der Waals surface area contributed by atoms with Gasteiger partial charge in [-0.1, -0.05) is 0 Å².